The van der Waals surface area contributed by atoms with Gasteiger partial charge in [0.1, 0.15) is 5.75 Å². The Labute approximate surface area is 145 Å². The smallest absolute Gasteiger partial charge is 0.261 e. The monoisotopic (exact) mass is 331 g/mol. The van der Waals surface area contributed by atoms with E-state index in [2.05, 4.69) is 19.2 Å². The molecule has 1 aliphatic rings. The van der Waals surface area contributed by atoms with E-state index in [1.165, 1.54) is 12.8 Å². The molecule has 24 heavy (non-hydrogen) atoms. The van der Waals surface area contributed by atoms with Crippen LogP contribution in [-0.4, -0.2) is 23.8 Å². The third-order valence-electron chi connectivity index (χ3n) is 5.21. The molecular weight excluding hydrogens is 302 g/mol. The van der Waals surface area contributed by atoms with Crippen LogP contribution in [0.1, 0.15) is 63.7 Å². The normalized spacial score (nSPS) is 24.9. The zero-order chi connectivity index (χ0) is 17.7. The minimum atomic E-state index is -0.554. The van der Waals surface area contributed by atoms with E-state index < -0.39 is 6.10 Å². The Hall–Kier alpha value is -1.84. The summed E-state index contributed by atoms with van der Waals surface area (Å²) in [5, 5.41) is 3.14. The van der Waals surface area contributed by atoms with Gasteiger partial charge in [0.2, 0.25) is 0 Å². The molecular formula is C20H29NO3. The van der Waals surface area contributed by atoms with Crippen LogP contribution < -0.4 is 10.1 Å². The van der Waals surface area contributed by atoms with E-state index in [1.54, 1.807) is 31.2 Å². The number of Topliss-reactive ketones (excluding diaryl/α,β-unsaturated/α-hetero) is 1. The maximum Gasteiger partial charge on any atom is 0.261 e. The first-order valence-electron chi connectivity index (χ1n) is 9.02. The fourth-order valence-corrected chi connectivity index (χ4v) is 3.27. The highest BCUT2D eigenvalue weighted by molar-refractivity contribution is 5.95. The number of ketones is 1. The number of carbonyl (C=O) groups excluding carboxylic acids is 2. The average Bonchev–Trinajstić information content (AvgIpc) is 2.58. The quantitative estimate of drug-likeness (QED) is 0.802. The van der Waals surface area contributed by atoms with Gasteiger partial charge in [-0.25, -0.2) is 0 Å². The first kappa shape index (κ1) is 18.5. The van der Waals surface area contributed by atoms with E-state index in [0.717, 1.165) is 6.42 Å². The Morgan fingerprint density at radius 2 is 1.88 bits per heavy atom. The molecule has 0 saturated heterocycles. The van der Waals surface area contributed by atoms with Crippen LogP contribution in [0.3, 0.4) is 0 Å². The highest BCUT2D eigenvalue weighted by Gasteiger charge is 2.29. The molecule has 0 heterocycles. The summed E-state index contributed by atoms with van der Waals surface area (Å²) in [5.74, 6) is 1.77. The SMILES string of the molecule is CCC(=O)c1ccc(O[C@H](C)C(=O)N[C@H]2CCC[C@H](C)[C@@H]2C)cc1. The molecule has 0 aliphatic heterocycles. The zero-order valence-corrected chi connectivity index (χ0v) is 15.2. The third kappa shape index (κ3) is 4.59. The summed E-state index contributed by atoms with van der Waals surface area (Å²) in [6, 6.07) is 7.22. The molecule has 1 aromatic rings. The third-order valence-corrected chi connectivity index (χ3v) is 5.21. The lowest BCUT2D eigenvalue weighted by Crippen LogP contribution is -2.48. The maximum absolute atomic E-state index is 12.4. The van der Waals surface area contributed by atoms with E-state index in [-0.39, 0.29) is 17.7 Å². The van der Waals surface area contributed by atoms with Crippen LogP contribution in [0.5, 0.6) is 5.75 Å². The van der Waals surface area contributed by atoms with Crippen molar-refractivity contribution in [1.29, 1.82) is 0 Å². The Morgan fingerprint density at radius 1 is 1.21 bits per heavy atom. The standard InChI is InChI=1S/C20H29NO3/c1-5-19(22)16-9-11-17(12-10-16)24-15(4)20(23)21-18-8-6-7-13(2)14(18)3/h9-15,18H,5-8H2,1-4H3,(H,21,23)/t13-,14-,15+,18-/m0/s1. The van der Waals surface area contributed by atoms with E-state index >= 15 is 0 Å². The van der Waals surface area contributed by atoms with E-state index in [4.69, 9.17) is 4.74 Å². The average molecular weight is 331 g/mol. The number of carbonyl (C=O) groups is 2. The molecule has 0 radical (unpaired) electrons. The van der Waals surface area contributed by atoms with Crippen molar-refractivity contribution in [2.75, 3.05) is 0 Å². The second-order valence-electron chi connectivity index (χ2n) is 6.94. The number of hydrogen-bond acceptors (Lipinski definition) is 3. The summed E-state index contributed by atoms with van der Waals surface area (Å²) in [4.78, 5) is 24.0. The van der Waals surface area contributed by atoms with E-state index in [0.29, 0.717) is 29.6 Å². The lowest BCUT2D eigenvalue weighted by molar-refractivity contribution is -0.128. The van der Waals surface area contributed by atoms with Crippen molar-refractivity contribution in [2.45, 2.75) is 65.5 Å². The number of benzene rings is 1. The topological polar surface area (TPSA) is 55.4 Å². The lowest BCUT2D eigenvalue weighted by atomic mass is 9.78. The summed E-state index contributed by atoms with van der Waals surface area (Å²) in [6.45, 7) is 8.06. The number of rotatable bonds is 6. The van der Waals surface area contributed by atoms with E-state index in [9.17, 15) is 9.59 Å². The second-order valence-corrected chi connectivity index (χ2v) is 6.94. The highest BCUT2D eigenvalue weighted by atomic mass is 16.5. The van der Waals surface area contributed by atoms with Crippen LogP contribution in [0.15, 0.2) is 24.3 Å². The molecule has 4 heteroatoms. The number of hydrogen-bond donors (Lipinski definition) is 1. The number of ether oxygens (including phenoxy) is 1. The minimum Gasteiger partial charge on any atom is -0.481 e. The molecule has 4 atom stereocenters. The van der Waals surface area contributed by atoms with Gasteiger partial charge in [-0.2, -0.15) is 0 Å². The lowest BCUT2D eigenvalue weighted by Gasteiger charge is -2.35. The van der Waals surface area contributed by atoms with Gasteiger partial charge in [0, 0.05) is 18.0 Å². The predicted octanol–water partition coefficient (Wildman–Crippen LogP) is 3.99. The summed E-state index contributed by atoms with van der Waals surface area (Å²) < 4.78 is 5.72. The Balaban J connectivity index is 1.90. The predicted molar refractivity (Wildman–Crippen MR) is 95.3 cm³/mol. The van der Waals surface area contributed by atoms with Crippen LogP contribution in [0, 0.1) is 11.8 Å². The van der Waals surface area contributed by atoms with Gasteiger partial charge in [0.25, 0.3) is 5.91 Å². The molecule has 4 nitrogen and oxygen atoms in total. The van der Waals surface area contributed by atoms with Crippen molar-refractivity contribution in [1.82, 2.24) is 5.32 Å². The Kier molecular flexibility index (Phi) is 6.41. The van der Waals surface area contributed by atoms with Crippen molar-refractivity contribution in [3.63, 3.8) is 0 Å². The molecule has 1 aliphatic carbocycles. The number of amides is 1. The Morgan fingerprint density at radius 3 is 2.50 bits per heavy atom. The van der Waals surface area contributed by atoms with Gasteiger partial charge in [0.05, 0.1) is 0 Å². The molecule has 0 bridgehead atoms. The van der Waals surface area contributed by atoms with Crippen LogP contribution in [0.25, 0.3) is 0 Å². The fraction of sp³-hybridized carbons (Fsp3) is 0.600. The molecule has 0 spiro atoms. The van der Waals surface area contributed by atoms with Gasteiger partial charge in [0.15, 0.2) is 11.9 Å². The van der Waals surface area contributed by atoms with E-state index in [1.807, 2.05) is 6.92 Å². The summed E-state index contributed by atoms with van der Waals surface area (Å²) in [6.07, 6.45) is 3.37. The summed E-state index contributed by atoms with van der Waals surface area (Å²) in [7, 11) is 0. The fourth-order valence-electron chi connectivity index (χ4n) is 3.27. The molecule has 2 rings (SSSR count). The van der Waals surface area contributed by atoms with Crippen molar-refractivity contribution in [3.8, 4) is 5.75 Å². The van der Waals surface area contributed by atoms with Crippen molar-refractivity contribution < 1.29 is 14.3 Å². The molecule has 1 N–H and O–H groups in total. The van der Waals surface area contributed by atoms with Gasteiger partial charge in [-0.1, -0.05) is 33.6 Å². The van der Waals surface area contributed by atoms with Gasteiger partial charge >= 0.3 is 0 Å². The van der Waals surface area contributed by atoms with Crippen LogP contribution in [-0.2, 0) is 4.79 Å². The molecule has 1 fully saturated rings. The molecule has 1 saturated carbocycles. The van der Waals surface area contributed by atoms with Gasteiger partial charge in [-0.3, -0.25) is 9.59 Å². The number of nitrogens with one attached hydrogen (secondary N) is 1. The largest absolute Gasteiger partial charge is 0.481 e. The summed E-state index contributed by atoms with van der Waals surface area (Å²) in [5.41, 5.74) is 0.673. The zero-order valence-electron chi connectivity index (χ0n) is 15.2. The first-order chi connectivity index (χ1) is 11.4. The van der Waals surface area contributed by atoms with Crippen LogP contribution >= 0.6 is 0 Å². The van der Waals surface area contributed by atoms with Gasteiger partial charge < -0.3 is 10.1 Å². The molecule has 0 unspecified atom stereocenters. The molecule has 1 aromatic carbocycles. The maximum atomic E-state index is 12.4. The minimum absolute atomic E-state index is 0.0744. The van der Waals surface area contributed by atoms with Gasteiger partial charge in [-0.05, 0) is 49.4 Å². The molecule has 1 amide bonds. The van der Waals surface area contributed by atoms with Crippen LogP contribution in [0.4, 0.5) is 0 Å². The first-order valence-corrected chi connectivity index (χ1v) is 9.02. The highest BCUT2D eigenvalue weighted by Crippen LogP contribution is 2.29. The van der Waals surface area contributed by atoms with Crippen molar-refractivity contribution in [3.05, 3.63) is 29.8 Å². The molecule has 132 valence electrons. The van der Waals surface area contributed by atoms with Crippen LogP contribution in [0.2, 0.25) is 0 Å². The van der Waals surface area contributed by atoms with Crippen molar-refractivity contribution >= 4 is 11.7 Å². The van der Waals surface area contributed by atoms with Crippen molar-refractivity contribution in [2.24, 2.45) is 11.8 Å². The second kappa shape index (κ2) is 8.32. The van der Waals surface area contributed by atoms with Gasteiger partial charge in [-0.15, -0.1) is 0 Å². The summed E-state index contributed by atoms with van der Waals surface area (Å²) >= 11 is 0. The Bertz CT molecular complexity index is 567. The molecule has 0 aromatic heterocycles.